The Kier molecular flexibility index (Phi) is 3.43. The molecule has 3 heterocycles. The van der Waals surface area contributed by atoms with Gasteiger partial charge in [0, 0.05) is 29.5 Å². The van der Waals surface area contributed by atoms with E-state index in [2.05, 4.69) is 68.6 Å². The van der Waals surface area contributed by atoms with Gasteiger partial charge in [-0.3, -0.25) is 0 Å². The molecule has 6 heteroatoms. The van der Waals surface area contributed by atoms with E-state index >= 15 is 0 Å². The Labute approximate surface area is 146 Å². The molecule has 2 aromatic heterocycles. The van der Waals surface area contributed by atoms with Crippen LogP contribution in [0.25, 0.3) is 21.6 Å². The third kappa shape index (κ3) is 2.32. The molecule has 0 N–H and O–H groups in total. The summed E-state index contributed by atoms with van der Waals surface area (Å²) in [5.74, 6) is 0. The lowest BCUT2D eigenvalue weighted by atomic mass is 9.79. The van der Waals surface area contributed by atoms with Gasteiger partial charge < -0.3 is 13.9 Å². The summed E-state index contributed by atoms with van der Waals surface area (Å²) in [6, 6.07) is 8.57. The second-order valence-corrected chi connectivity index (χ2v) is 8.23. The van der Waals surface area contributed by atoms with Crippen LogP contribution in [0.1, 0.15) is 27.7 Å². The highest BCUT2D eigenvalue weighted by Crippen LogP contribution is 2.37. The van der Waals surface area contributed by atoms with Crippen molar-refractivity contribution in [2.75, 3.05) is 0 Å². The molecule has 4 rings (SSSR count). The van der Waals surface area contributed by atoms with E-state index in [0.717, 1.165) is 21.7 Å². The molecular formula is C18H21BN2O2S. The zero-order valence-electron chi connectivity index (χ0n) is 14.7. The van der Waals surface area contributed by atoms with E-state index in [9.17, 15) is 0 Å². The first-order valence-corrected chi connectivity index (χ1v) is 9.01. The van der Waals surface area contributed by atoms with Gasteiger partial charge in [0.2, 0.25) is 0 Å². The van der Waals surface area contributed by atoms with Crippen LogP contribution >= 0.6 is 11.3 Å². The topological polar surface area (TPSA) is 36.3 Å². The molecule has 0 amide bonds. The first-order valence-electron chi connectivity index (χ1n) is 8.13. The molecule has 0 saturated carbocycles. The van der Waals surface area contributed by atoms with Crippen molar-refractivity contribution < 1.29 is 9.31 Å². The second kappa shape index (κ2) is 5.18. The van der Waals surface area contributed by atoms with Crippen molar-refractivity contribution in [3.05, 3.63) is 35.8 Å². The fraction of sp³-hybridized carbons (Fsp3) is 0.389. The molecule has 1 aliphatic rings. The average molecular weight is 340 g/mol. The SMILES string of the molecule is Cn1c(-c2nccs2)cc2ccc(B3OC(C)(C)C(C)(C)O3)cc21. The van der Waals surface area contributed by atoms with Gasteiger partial charge in [-0.05, 0) is 45.3 Å². The van der Waals surface area contributed by atoms with E-state index < -0.39 is 0 Å². The monoisotopic (exact) mass is 340 g/mol. The van der Waals surface area contributed by atoms with Gasteiger partial charge in [-0.15, -0.1) is 11.3 Å². The first kappa shape index (κ1) is 15.9. The minimum absolute atomic E-state index is 0.327. The molecule has 1 aromatic carbocycles. The molecule has 1 fully saturated rings. The van der Waals surface area contributed by atoms with Crippen molar-refractivity contribution in [1.29, 1.82) is 0 Å². The average Bonchev–Trinajstić information content (AvgIpc) is 3.18. The van der Waals surface area contributed by atoms with Gasteiger partial charge in [0.25, 0.3) is 0 Å². The Bertz CT molecular complexity index is 883. The van der Waals surface area contributed by atoms with Crippen LogP contribution in [0.5, 0.6) is 0 Å². The lowest BCUT2D eigenvalue weighted by Crippen LogP contribution is -2.41. The van der Waals surface area contributed by atoms with Crippen LogP contribution in [0, 0.1) is 0 Å². The summed E-state index contributed by atoms with van der Waals surface area (Å²) in [4.78, 5) is 4.43. The zero-order chi connectivity index (χ0) is 17.1. The Morgan fingerprint density at radius 2 is 1.79 bits per heavy atom. The van der Waals surface area contributed by atoms with Crippen LogP contribution in [-0.2, 0) is 16.4 Å². The highest BCUT2D eigenvalue weighted by Gasteiger charge is 2.51. The molecular weight excluding hydrogens is 319 g/mol. The zero-order valence-corrected chi connectivity index (χ0v) is 15.5. The number of aromatic nitrogens is 2. The number of thiazole rings is 1. The molecule has 0 bridgehead atoms. The van der Waals surface area contributed by atoms with E-state index in [1.807, 2.05) is 11.6 Å². The molecule has 0 radical (unpaired) electrons. The van der Waals surface area contributed by atoms with Crippen LogP contribution < -0.4 is 5.46 Å². The number of hydrogen-bond acceptors (Lipinski definition) is 4. The lowest BCUT2D eigenvalue weighted by Gasteiger charge is -2.32. The van der Waals surface area contributed by atoms with Gasteiger partial charge in [-0.25, -0.2) is 4.98 Å². The summed E-state index contributed by atoms with van der Waals surface area (Å²) in [5, 5.41) is 4.23. The maximum atomic E-state index is 6.18. The summed E-state index contributed by atoms with van der Waals surface area (Å²) in [6.45, 7) is 8.31. The summed E-state index contributed by atoms with van der Waals surface area (Å²) >= 11 is 1.65. The Morgan fingerprint density at radius 1 is 1.08 bits per heavy atom. The predicted octanol–water partition coefficient (Wildman–Crippen LogP) is 3.60. The van der Waals surface area contributed by atoms with Gasteiger partial charge in [-0.1, -0.05) is 12.1 Å². The fourth-order valence-corrected chi connectivity index (χ4v) is 3.72. The highest BCUT2D eigenvalue weighted by molar-refractivity contribution is 7.13. The van der Waals surface area contributed by atoms with Crippen molar-refractivity contribution in [3.63, 3.8) is 0 Å². The third-order valence-corrected chi connectivity index (χ3v) is 6.04. The van der Waals surface area contributed by atoms with Gasteiger partial charge >= 0.3 is 7.12 Å². The summed E-state index contributed by atoms with van der Waals surface area (Å²) in [7, 11) is 1.74. The van der Waals surface area contributed by atoms with Crippen LogP contribution in [0.15, 0.2) is 35.8 Å². The molecule has 4 nitrogen and oxygen atoms in total. The normalized spacial score (nSPS) is 19.3. The molecule has 1 saturated heterocycles. The quantitative estimate of drug-likeness (QED) is 0.669. The molecule has 0 atom stereocenters. The maximum absolute atomic E-state index is 6.18. The number of aryl methyl sites for hydroxylation is 1. The molecule has 0 unspecified atom stereocenters. The van der Waals surface area contributed by atoms with Crippen molar-refractivity contribution in [2.24, 2.45) is 7.05 Å². The van der Waals surface area contributed by atoms with Crippen LogP contribution in [-0.4, -0.2) is 27.9 Å². The number of fused-ring (bicyclic) bond motifs is 1. The minimum atomic E-state index is -0.336. The summed E-state index contributed by atoms with van der Waals surface area (Å²) in [6.07, 6.45) is 1.84. The van der Waals surface area contributed by atoms with Crippen molar-refractivity contribution >= 4 is 34.8 Å². The largest absolute Gasteiger partial charge is 0.494 e. The Morgan fingerprint density at radius 3 is 2.42 bits per heavy atom. The van der Waals surface area contributed by atoms with Crippen LogP contribution in [0.3, 0.4) is 0 Å². The standard InChI is InChI=1S/C18H21BN2O2S/c1-17(2)18(3,4)23-19(22-17)13-7-6-12-10-15(16-20-8-9-24-16)21(5)14(12)11-13/h6-11H,1-5H3. The number of benzene rings is 1. The number of hydrogen-bond donors (Lipinski definition) is 0. The molecule has 0 spiro atoms. The smallest absolute Gasteiger partial charge is 0.399 e. The van der Waals surface area contributed by atoms with Crippen molar-refractivity contribution in [3.8, 4) is 10.7 Å². The van der Waals surface area contributed by atoms with Gasteiger partial charge in [0.05, 0.1) is 16.9 Å². The van der Waals surface area contributed by atoms with Crippen molar-refractivity contribution in [2.45, 2.75) is 38.9 Å². The van der Waals surface area contributed by atoms with E-state index in [-0.39, 0.29) is 18.3 Å². The Hall–Kier alpha value is -1.63. The van der Waals surface area contributed by atoms with Crippen LogP contribution in [0.4, 0.5) is 0 Å². The predicted molar refractivity (Wildman–Crippen MR) is 99.7 cm³/mol. The first-order chi connectivity index (χ1) is 11.3. The lowest BCUT2D eigenvalue weighted by molar-refractivity contribution is 0.00578. The molecule has 24 heavy (non-hydrogen) atoms. The van der Waals surface area contributed by atoms with E-state index in [1.165, 1.54) is 5.39 Å². The number of nitrogens with zero attached hydrogens (tertiary/aromatic N) is 2. The molecule has 124 valence electrons. The fourth-order valence-electron chi connectivity index (χ4n) is 3.03. The van der Waals surface area contributed by atoms with E-state index in [0.29, 0.717) is 0 Å². The van der Waals surface area contributed by atoms with Crippen LogP contribution in [0.2, 0.25) is 0 Å². The highest BCUT2D eigenvalue weighted by atomic mass is 32.1. The molecule has 3 aromatic rings. The molecule has 0 aliphatic carbocycles. The van der Waals surface area contributed by atoms with Gasteiger partial charge in [0.1, 0.15) is 5.01 Å². The second-order valence-electron chi connectivity index (χ2n) is 7.33. The van der Waals surface area contributed by atoms with Crippen molar-refractivity contribution in [1.82, 2.24) is 9.55 Å². The number of rotatable bonds is 2. The minimum Gasteiger partial charge on any atom is -0.399 e. The van der Waals surface area contributed by atoms with Gasteiger partial charge in [-0.2, -0.15) is 0 Å². The third-order valence-electron chi connectivity index (χ3n) is 5.25. The van der Waals surface area contributed by atoms with E-state index in [4.69, 9.17) is 9.31 Å². The Balaban J connectivity index is 1.76. The maximum Gasteiger partial charge on any atom is 0.494 e. The molecule has 1 aliphatic heterocycles. The van der Waals surface area contributed by atoms with Gasteiger partial charge in [0.15, 0.2) is 0 Å². The summed E-state index contributed by atoms with van der Waals surface area (Å²) < 4.78 is 14.5. The van der Waals surface area contributed by atoms with E-state index in [1.54, 1.807) is 11.3 Å². The summed E-state index contributed by atoms with van der Waals surface area (Å²) in [5.41, 5.74) is 2.69.